The van der Waals surface area contributed by atoms with Gasteiger partial charge in [-0.25, -0.2) is 9.07 Å². The first kappa shape index (κ1) is 21.4. The van der Waals surface area contributed by atoms with Crippen LogP contribution in [0.3, 0.4) is 0 Å². The number of hydrogen-bond acceptors (Lipinski definition) is 4. The summed E-state index contributed by atoms with van der Waals surface area (Å²) in [7, 11) is 0. The lowest BCUT2D eigenvalue weighted by molar-refractivity contribution is 0.627. The van der Waals surface area contributed by atoms with Crippen LogP contribution >= 0.6 is 23.4 Å². The SMILES string of the molecule is Cc1nn(-c2ccccc2)c(Cl)c1CSc1nnc(-c2ccccc2)n1-c1ccc(F)cc1. The first-order valence-electron chi connectivity index (χ1n) is 10.3. The van der Waals surface area contributed by atoms with Gasteiger partial charge in [0.25, 0.3) is 0 Å². The van der Waals surface area contributed by atoms with Gasteiger partial charge in [-0.1, -0.05) is 71.9 Å². The van der Waals surface area contributed by atoms with Crippen molar-refractivity contribution in [3.05, 3.63) is 107 Å². The predicted octanol–water partition coefficient (Wildman–Crippen LogP) is 6.51. The Morgan fingerprint density at radius 1 is 0.848 bits per heavy atom. The molecule has 0 N–H and O–H groups in total. The van der Waals surface area contributed by atoms with E-state index in [1.165, 1.54) is 23.9 Å². The molecule has 164 valence electrons. The first-order chi connectivity index (χ1) is 16.1. The monoisotopic (exact) mass is 475 g/mol. The summed E-state index contributed by atoms with van der Waals surface area (Å²) in [5.41, 5.74) is 4.40. The zero-order valence-corrected chi connectivity index (χ0v) is 19.3. The van der Waals surface area contributed by atoms with Crippen molar-refractivity contribution in [2.45, 2.75) is 17.8 Å². The fourth-order valence-electron chi connectivity index (χ4n) is 3.53. The fraction of sp³-hybridized carbons (Fsp3) is 0.0800. The molecule has 0 fully saturated rings. The number of benzene rings is 3. The van der Waals surface area contributed by atoms with Crippen LogP contribution in [-0.4, -0.2) is 24.5 Å². The summed E-state index contributed by atoms with van der Waals surface area (Å²) in [5.74, 6) is 0.955. The molecule has 0 bridgehead atoms. The molecule has 0 aliphatic heterocycles. The minimum absolute atomic E-state index is 0.293. The van der Waals surface area contributed by atoms with Crippen LogP contribution in [0.4, 0.5) is 4.39 Å². The van der Waals surface area contributed by atoms with E-state index in [4.69, 9.17) is 11.6 Å². The van der Waals surface area contributed by atoms with Crippen molar-refractivity contribution in [3.8, 4) is 22.8 Å². The predicted molar refractivity (Wildman–Crippen MR) is 130 cm³/mol. The molecule has 0 unspecified atom stereocenters. The second kappa shape index (κ2) is 9.21. The molecule has 5 nitrogen and oxygen atoms in total. The van der Waals surface area contributed by atoms with Gasteiger partial charge in [-0.15, -0.1) is 10.2 Å². The largest absolute Gasteiger partial charge is 0.270 e. The van der Waals surface area contributed by atoms with Crippen molar-refractivity contribution in [2.24, 2.45) is 0 Å². The fourth-order valence-corrected chi connectivity index (χ4v) is 4.99. The molecule has 33 heavy (non-hydrogen) atoms. The van der Waals surface area contributed by atoms with E-state index in [0.717, 1.165) is 28.2 Å². The summed E-state index contributed by atoms with van der Waals surface area (Å²) < 4.78 is 17.3. The molecule has 0 amide bonds. The third-order valence-corrected chi connectivity index (χ3v) is 6.56. The number of aryl methyl sites for hydroxylation is 1. The van der Waals surface area contributed by atoms with Crippen LogP contribution in [0.15, 0.2) is 90.1 Å². The maximum atomic E-state index is 13.6. The number of hydrogen-bond donors (Lipinski definition) is 0. The van der Waals surface area contributed by atoms with Crippen molar-refractivity contribution in [1.29, 1.82) is 0 Å². The van der Waals surface area contributed by atoms with Crippen LogP contribution < -0.4 is 0 Å². The van der Waals surface area contributed by atoms with Crippen LogP contribution in [0.1, 0.15) is 11.3 Å². The molecule has 3 aromatic carbocycles. The van der Waals surface area contributed by atoms with Gasteiger partial charge in [0.2, 0.25) is 0 Å². The third-order valence-electron chi connectivity index (χ3n) is 5.22. The highest BCUT2D eigenvalue weighted by atomic mass is 35.5. The third kappa shape index (κ3) is 4.29. The molecule has 0 saturated heterocycles. The summed E-state index contributed by atoms with van der Waals surface area (Å²) in [4.78, 5) is 0. The molecular formula is C25H19ClFN5S. The standard InChI is InChI=1S/C25H19ClFN5S/c1-17-22(23(26)32(30-17)21-10-6-3-7-11-21)16-33-25-29-28-24(18-8-4-2-5-9-18)31(25)20-14-12-19(27)13-15-20/h2-15H,16H2,1H3. The van der Waals surface area contributed by atoms with E-state index in [2.05, 4.69) is 15.3 Å². The Hall–Kier alpha value is -3.42. The van der Waals surface area contributed by atoms with Crippen LogP contribution in [-0.2, 0) is 5.75 Å². The van der Waals surface area contributed by atoms with E-state index in [0.29, 0.717) is 21.9 Å². The Kier molecular flexibility index (Phi) is 5.98. The average molecular weight is 476 g/mol. The van der Waals surface area contributed by atoms with Gasteiger partial charge in [0.15, 0.2) is 11.0 Å². The average Bonchev–Trinajstić information content (AvgIpc) is 3.40. The maximum absolute atomic E-state index is 13.6. The molecule has 8 heteroatoms. The van der Waals surface area contributed by atoms with Gasteiger partial charge in [-0.3, -0.25) is 4.57 Å². The zero-order valence-electron chi connectivity index (χ0n) is 17.7. The molecular weight excluding hydrogens is 457 g/mol. The van der Waals surface area contributed by atoms with E-state index in [-0.39, 0.29) is 5.82 Å². The maximum Gasteiger partial charge on any atom is 0.196 e. The number of halogens is 2. The molecule has 0 atom stereocenters. The van der Waals surface area contributed by atoms with Gasteiger partial charge < -0.3 is 0 Å². The van der Waals surface area contributed by atoms with Crippen LogP contribution in [0.25, 0.3) is 22.8 Å². The highest BCUT2D eigenvalue weighted by Crippen LogP contribution is 2.33. The van der Waals surface area contributed by atoms with E-state index in [9.17, 15) is 4.39 Å². The molecule has 2 heterocycles. The molecule has 0 aliphatic rings. The second-order valence-electron chi connectivity index (χ2n) is 7.37. The Morgan fingerprint density at radius 2 is 1.52 bits per heavy atom. The van der Waals surface area contributed by atoms with Crippen LogP contribution in [0, 0.1) is 12.7 Å². The van der Waals surface area contributed by atoms with Crippen LogP contribution in [0.5, 0.6) is 0 Å². The molecule has 0 aliphatic carbocycles. The van der Waals surface area contributed by atoms with E-state index >= 15 is 0 Å². The summed E-state index contributed by atoms with van der Waals surface area (Å²) in [6, 6.07) is 25.9. The zero-order chi connectivity index (χ0) is 22.8. The molecule has 0 radical (unpaired) electrons. The van der Waals surface area contributed by atoms with Gasteiger partial charge in [0.1, 0.15) is 11.0 Å². The minimum atomic E-state index is -0.293. The van der Waals surface area contributed by atoms with Gasteiger partial charge >= 0.3 is 0 Å². The lowest BCUT2D eigenvalue weighted by Crippen LogP contribution is -2.00. The van der Waals surface area contributed by atoms with Crippen molar-refractivity contribution in [2.75, 3.05) is 0 Å². The number of aromatic nitrogens is 5. The summed E-state index contributed by atoms with van der Waals surface area (Å²) in [6.45, 7) is 1.95. The number of nitrogens with zero attached hydrogens (tertiary/aromatic N) is 5. The van der Waals surface area contributed by atoms with Gasteiger partial charge in [-0.2, -0.15) is 5.10 Å². The molecule has 5 aromatic rings. The van der Waals surface area contributed by atoms with Crippen molar-refractivity contribution in [3.63, 3.8) is 0 Å². The Balaban J connectivity index is 1.50. The summed E-state index contributed by atoms with van der Waals surface area (Å²) in [6.07, 6.45) is 0. The number of rotatable bonds is 6. The normalized spacial score (nSPS) is 11.1. The van der Waals surface area contributed by atoms with Gasteiger partial charge in [-0.05, 0) is 43.3 Å². The van der Waals surface area contributed by atoms with Gasteiger partial charge in [0, 0.05) is 22.6 Å². The van der Waals surface area contributed by atoms with Crippen molar-refractivity contribution in [1.82, 2.24) is 24.5 Å². The molecule has 0 spiro atoms. The molecule has 5 rings (SSSR count). The minimum Gasteiger partial charge on any atom is -0.270 e. The van der Waals surface area contributed by atoms with E-state index < -0.39 is 0 Å². The number of para-hydroxylation sites is 1. The van der Waals surface area contributed by atoms with Gasteiger partial charge in [0.05, 0.1) is 11.4 Å². The van der Waals surface area contributed by atoms with Crippen LogP contribution in [0.2, 0.25) is 5.15 Å². The Morgan fingerprint density at radius 3 is 2.21 bits per heavy atom. The van der Waals surface area contributed by atoms with Crippen molar-refractivity contribution < 1.29 is 4.39 Å². The topological polar surface area (TPSA) is 48.5 Å². The van der Waals surface area contributed by atoms with Crippen molar-refractivity contribution >= 4 is 23.4 Å². The second-order valence-corrected chi connectivity index (χ2v) is 8.68. The van der Waals surface area contributed by atoms with E-state index in [1.54, 1.807) is 16.8 Å². The summed E-state index contributed by atoms with van der Waals surface area (Å²) >= 11 is 8.22. The lowest BCUT2D eigenvalue weighted by Gasteiger charge is -2.10. The summed E-state index contributed by atoms with van der Waals surface area (Å²) in [5, 5.41) is 14.8. The molecule has 2 aromatic heterocycles. The van der Waals surface area contributed by atoms with E-state index in [1.807, 2.05) is 72.2 Å². The Bertz CT molecular complexity index is 1380. The molecule has 0 saturated carbocycles. The smallest absolute Gasteiger partial charge is 0.196 e. The Labute approximate surface area is 199 Å². The first-order valence-corrected chi connectivity index (χ1v) is 11.7. The quantitative estimate of drug-likeness (QED) is 0.262. The lowest BCUT2D eigenvalue weighted by atomic mass is 10.2. The highest BCUT2D eigenvalue weighted by Gasteiger charge is 2.19. The number of thioether (sulfide) groups is 1. The highest BCUT2D eigenvalue weighted by molar-refractivity contribution is 7.98.